The van der Waals surface area contributed by atoms with Gasteiger partial charge in [0, 0.05) is 25.4 Å². The fourth-order valence-corrected chi connectivity index (χ4v) is 1.79. The highest BCUT2D eigenvalue weighted by Gasteiger charge is 2.21. The van der Waals surface area contributed by atoms with Crippen LogP contribution in [0.2, 0.25) is 0 Å². The Hall–Kier alpha value is -1.61. The fourth-order valence-electron chi connectivity index (χ4n) is 1.05. The molecular formula is C8H14N4O4S. The highest BCUT2D eigenvalue weighted by Crippen LogP contribution is 2.03. The third kappa shape index (κ3) is 4.04. The van der Waals surface area contributed by atoms with Crippen molar-refractivity contribution in [3.05, 3.63) is 18.0 Å². The number of carbonyl (C=O) groups is 1. The first-order valence-corrected chi connectivity index (χ1v) is 6.28. The van der Waals surface area contributed by atoms with E-state index in [1.54, 1.807) is 17.8 Å². The lowest BCUT2D eigenvalue weighted by Crippen LogP contribution is -2.41. The summed E-state index contributed by atoms with van der Waals surface area (Å²) in [6.45, 7) is 1.79. The Labute approximate surface area is 99.1 Å². The Morgan fingerprint density at radius 3 is 2.88 bits per heavy atom. The van der Waals surface area contributed by atoms with Crippen LogP contribution in [0.1, 0.15) is 12.5 Å². The number of nitrogens with one attached hydrogen (secondary N) is 2. The van der Waals surface area contributed by atoms with Gasteiger partial charge in [-0.25, -0.2) is 9.52 Å². The first kappa shape index (κ1) is 13.5. The summed E-state index contributed by atoms with van der Waals surface area (Å²) < 4.78 is 30.5. The number of aromatic amines is 1. The predicted molar refractivity (Wildman–Crippen MR) is 59.1 cm³/mol. The lowest BCUT2D eigenvalue weighted by molar-refractivity contribution is 0.158. The molecule has 1 amide bonds. The minimum atomic E-state index is -3.89. The molecule has 0 aliphatic heterocycles. The van der Waals surface area contributed by atoms with E-state index in [2.05, 4.69) is 14.9 Å². The van der Waals surface area contributed by atoms with Crippen LogP contribution in [-0.2, 0) is 21.5 Å². The molecule has 9 heteroatoms. The van der Waals surface area contributed by atoms with E-state index in [0.29, 0.717) is 5.56 Å². The number of amides is 1. The molecule has 0 atom stereocenters. The van der Waals surface area contributed by atoms with Crippen molar-refractivity contribution in [2.45, 2.75) is 13.5 Å². The van der Waals surface area contributed by atoms with Crippen molar-refractivity contribution in [3.8, 4) is 0 Å². The van der Waals surface area contributed by atoms with Crippen molar-refractivity contribution < 1.29 is 17.9 Å². The number of carbonyl (C=O) groups excluding carboxylic acids is 1. The van der Waals surface area contributed by atoms with Crippen LogP contribution < -0.4 is 4.72 Å². The normalized spacial score (nSPS) is 11.5. The zero-order chi connectivity index (χ0) is 12.9. The lowest BCUT2D eigenvalue weighted by Gasteiger charge is -2.16. The van der Waals surface area contributed by atoms with Gasteiger partial charge in [0.2, 0.25) is 0 Å². The third-order valence-electron chi connectivity index (χ3n) is 1.86. The molecule has 0 aliphatic rings. The molecule has 2 N–H and O–H groups in total. The van der Waals surface area contributed by atoms with Crippen LogP contribution in [0.5, 0.6) is 0 Å². The second-order valence-corrected chi connectivity index (χ2v) is 4.97. The molecule has 0 spiro atoms. The Balaban J connectivity index is 2.60. The predicted octanol–water partition coefficient (Wildman–Crippen LogP) is -0.168. The summed E-state index contributed by atoms with van der Waals surface area (Å²) >= 11 is 0. The minimum absolute atomic E-state index is 0.102. The van der Waals surface area contributed by atoms with Gasteiger partial charge in [-0.2, -0.15) is 17.8 Å². The average Bonchev–Trinajstić information content (AvgIpc) is 2.69. The van der Waals surface area contributed by atoms with Gasteiger partial charge in [-0.3, -0.25) is 5.10 Å². The van der Waals surface area contributed by atoms with Gasteiger partial charge in [-0.1, -0.05) is 0 Å². The highest BCUT2D eigenvalue weighted by molar-refractivity contribution is 7.87. The Bertz CT molecular complexity index is 456. The first-order valence-electron chi connectivity index (χ1n) is 4.84. The van der Waals surface area contributed by atoms with Crippen molar-refractivity contribution >= 4 is 16.3 Å². The van der Waals surface area contributed by atoms with Crippen LogP contribution in [0.4, 0.5) is 4.79 Å². The standard InChI is InChI=1S/C8H14N4O4S/c1-3-16-8(13)11-17(14,15)12(2)6-7-4-9-10-5-7/h4-5H,3,6H2,1-2H3,(H,9,10)(H,11,13). The molecule has 1 aromatic rings. The van der Waals surface area contributed by atoms with Crippen LogP contribution in [0, 0.1) is 0 Å². The highest BCUT2D eigenvalue weighted by atomic mass is 32.2. The van der Waals surface area contributed by atoms with Crippen molar-refractivity contribution in [2.75, 3.05) is 13.7 Å². The van der Waals surface area contributed by atoms with E-state index >= 15 is 0 Å². The molecule has 1 heterocycles. The van der Waals surface area contributed by atoms with E-state index in [1.807, 2.05) is 0 Å². The molecule has 0 radical (unpaired) electrons. The zero-order valence-corrected chi connectivity index (χ0v) is 10.3. The summed E-state index contributed by atoms with van der Waals surface area (Å²) in [5, 5.41) is 6.25. The van der Waals surface area contributed by atoms with Crippen molar-refractivity contribution in [3.63, 3.8) is 0 Å². The number of nitrogens with zero attached hydrogens (tertiary/aromatic N) is 2. The summed E-state index contributed by atoms with van der Waals surface area (Å²) in [5.74, 6) is 0. The van der Waals surface area contributed by atoms with Crippen LogP contribution in [0.3, 0.4) is 0 Å². The average molecular weight is 262 g/mol. The molecule has 8 nitrogen and oxygen atoms in total. The van der Waals surface area contributed by atoms with Crippen LogP contribution >= 0.6 is 0 Å². The lowest BCUT2D eigenvalue weighted by atomic mass is 10.4. The topological polar surface area (TPSA) is 104 Å². The summed E-state index contributed by atoms with van der Waals surface area (Å²) in [4.78, 5) is 11.0. The van der Waals surface area contributed by atoms with E-state index < -0.39 is 16.3 Å². The smallest absolute Gasteiger partial charge is 0.421 e. The van der Waals surface area contributed by atoms with Gasteiger partial charge in [0.15, 0.2) is 0 Å². The molecule has 1 rings (SSSR count). The van der Waals surface area contributed by atoms with E-state index in [0.717, 1.165) is 4.31 Å². The number of rotatable bonds is 5. The Morgan fingerprint density at radius 1 is 1.65 bits per heavy atom. The fraction of sp³-hybridized carbons (Fsp3) is 0.500. The Morgan fingerprint density at radius 2 is 2.35 bits per heavy atom. The Kier molecular flexibility index (Phi) is 4.46. The van der Waals surface area contributed by atoms with Gasteiger partial charge in [0.1, 0.15) is 0 Å². The number of hydrogen-bond donors (Lipinski definition) is 2. The van der Waals surface area contributed by atoms with Crippen molar-refractivity contribution in [2.24, 2.45) is 0 Å². The summed E-state index contributed by atoms with van der Waals surface area (Å²) in [6, 6.07) is 0. The van der Waals surface area contributed by atoms with Gasteiger partial charge in [0.05, 0.1) is 12.8 Å². The van der Waals surface area contributed by atoms with E-state index in [9.17, 15) is 13.2 Å². The molecule has 17 heavy (non-hydrogen) atoms. The molecule has 0 unspecified atom stereocenters. The van der Waals surface area contributed by atoms with E-state index in [4.69, 9.17) is 0 Å². The maximum absolute atomic E-state index is 11.6. The monoisotopic (exact) mass is 262 g/mol. The number of hydrogen-bond acceptors (Lipinski definition) is 5. The molecule has 0 aliphatic carbocycles. The largest absolute Gasteiger partial charge is 0.449 e. The van der Waals surface area contributed by atoms with E-state index in [1.165, 1.54) is 13.2 Å². The number of ether oxygens (including phenoxy) is 1. The molecule has 0 aromatic carbocycles. The first-order chi connectivity index (χ1) is 7.95. The summed E-state index contributed by atoms with van der Waals surface area (Å²) in [5.41, 5.74) is 0.682. The van der Waals surface area contributed by atoms with Crippen LogP contribution in [0.15, 0.2) is 12.4 Å². The minimum Gasteiger partial charge on any atom is -0.449 e. The molecule has 1 aromatic heterocycles. The molecule has 0 fully saturated rings. The maximum Gasteiger partial charge on any atom is 0.421 e. The van der Waals surface area contributed by atoms with Crippen LogP contribution in [0.25, 0.3) is 0 Å². The van der Waals surface area contributed by atoms with Crippen molar-refractivity contribution in [1.82, 2.24) is 19.2 Å². The van der Waals surface area contributed by atoms with Crippen LogP contribution in [-0.4, -0.2) is 42.7 Å². The molecule has 96 valence electrons. The second-order valence-electron chi connectivity index (χ2n) is 3.19. The molecule has 0 saturated carbocycles. The summed E-state index contributed by atoms with van der Waals surface area (Å²) in [7, 11) is -2.55. The van der Waals surface area contributed by atoms with E-state index in [-0.39, 0.29) is 13.2 Å². The maximum atomic E-state index is 11.6. The van der Waals surface area contributed by atoms with Gasteiger partial charge in [-0.15, -0.1) is 0 Å². The van der Waals surface area contributed by atoms with Gasteiger partial charge >= 0.3 is 16.3 Å². The quantitative estimate of drug-likeness (QED) is 0.766. The van der Waals surface area contributed by atoms with Crippen molar-refractivity contribution in [1.29, 1.82) is 0 Å². The summed E-state index contributed by atoms with van der Waals surface area (Å²) in [6.07, 6.45) is 2.07. The zero-order valence-electron chi connectivity index (χ0n) is 9.50. The van der Waals surface area contributed by atoms with Gasteiger partial charge in [0.25, 0.3) is 0 Å². The second kappa shape index (κ2) is 5.64. The molecule has 0 bridgehead atoms. The third-order valence-corrected chi connectivity index (χ3v) is 3.23. The molecule has 0 saturated heterocycles. The van der Waals surface area contributed by atoms with Gasteiger partial charge < -0.3 is 4.74 Å². The van der Waals surface area contributed by atoms with Gasteiger partial charge in [-0.05, 0) is 6.92 Å². The number of aromatic nitrogens is 2. The molecular weight excluding hydrogens is 248 g/mol. The number of H-pyrrole nitrogens is 1. The SMILES string of the molecule is CCOC(=O)NS(=O)(=O)N(C)Cc1cn[nH]c1.